The van der Waals surface area contributed by atoms with Crippen molar-refractivity contribution in [2.24, 2.45) is 0 Å². The number of alkyl halides is 3. The van der Waals surface area contributed by atoms with E-state index >= 15 is 0 Å². The molecule has 2 aromatic carbocycles. The molecule has 0 amide bonds. The molecule has 0 heterocycles. The monoisotopic (exact) mass is 467 g/mol. The highest BCUT2D eigenvalue weighted by molar-refractivity contribution is 9.10. The first kappa shape index (κ1) is 20.9. The summed E-state index contributed by atoms with van der Waals surface area (Å²) in [6.45, 7) is 1.56. The molecular formula is C15H10BrClF3N3O4. The van der Waals surface area contributed by atoms with E-state index < -0.39 is 38.6 Å². The average Bonchev–Trinajstić information content (AvgIpc) is 2.51. The zero-order valence-corrected chi connectivity index (χ0v) is 16.0. The van der Waals surface area contributed by atoms with Crippen LogP contribution in [0.15, 0.2) is 28.7 Å². The number of anilines is 2. The van der Waals surface area contributed by atoms with E-state index in [0.717, 1.165) is 4.90 Å². The van der Waals surface area contributed by atoms with Crippen molar-refractivity contribution in [1.29, 1.82) is 0 Å². The second-order valence-corrected chi connectivity index (χ2v) is 6.78. The Hall–Kier alpha value is -2.40. The molecule has 0 aromatic heterocycles. The quantitative estimate of drug-likeness (QED) is 0.405. The van der Waals surface area contributed by atoms with Crippen LogP contribution < -0.4 is 4.90 Å². The molecule has 0 spiro atoms. The van der Waals surface area contributed by atoms with E-state index in [2.05, 4.69) is 15.9 Å². The summed E-state index contributed by atoms with van der Waals surface area (Å²) < 4.78 is 41.0. The van der Waals surface area contributed by atoms with E-state index in [1.807, 2.05) is 0 Å². The number of aryl methyl sites for hydroxylation is 1. The van der Waals surface area contributed by atoms with Gasteiger partial charge < -0.3 is 4.90 Å². The minimum absolute atomic E-state index is 0.196. The summed E-state index contributed by atoms with van der Waals surface area (Å²) >= 11 is 9.09. The van der Waals surface area contributed by atoms with Gasteiger partial charge >= 0.3 is 6.18 Å². The number of halogens is 5. The number of non-ortho nitro benzene ring substituents is 1. The molecule has 2 rings (SSSR count). The molecule has 7 nitrogen and oxygen atoms in total. The normalized spacial score (nSPS) is 11.4. The maximum Gasteiger partial charge on any atom is 0.418 e. The third-order valence-corrected chi connectivity index (χ3v) is 4.50. The Morgan fingerprint density at radius 3 is 2.11 bits per heavy atom. The van der Waals surface area contributed by atoms with Gasteiger partial charge in [-0.25, -0.2) is 0 Å². The van der Waals surface area contributed by atoms with Crippen molar-refractivity contribution in [1.82, 2.24) is 0 Å². The average molecular weight is 469 g/mol. The van der Waals surface area contributed by atoms with Gasteiger partial charge in [-0.3, -0.25) is 20.2 Å². The van der Waals surface area contributed by atoms with Crippen LogP contribution in [-0.4, -0.2) is 16.9 Å². The standard InChI is InChI=1S/C15H10BrClF3N3O4/c1-7-3-8(17)4-11(16)13(7)21(2)14-10(15(18,19)20)5-9(22(24)25)6-12(14)23(26)27/h3-6H,1-2H3. The van der Waals surface area contributed by atoms with Crippen LogP contribution in [0.3, 0.4) is 0 Å². The Labute approximate surface area is 163 Å². The van der Waals surface area contributed by atoms with E-state index in [9.17, 15) is 33.4 Å². The minimum atomic E-state index is -5.06. The molecule has 12 heteroatoms. The molecule has 0 atom stereocenters. The van der Waals surface area contributed by atoms with Gasteiger partial charge in [-0.1, -0.05) is 11.6 Å². The Bertz CT molecular complexity index is 930. The lowest BCUT2D eigenvalue weighted by Crippen LogP contribution is -2.20. The zero-order valence-electron chi connectivity index (χ0n) is 13.7. The number of hydrogen-bond acceptors (Lipinski definition) is 5. The lowest BCUT2D eigenvalue weighted by atomic mass is 10.1. The molecule has 0 unspecified atom stereocenters. The lowest BCUT2D eigenvalue weighted by Gasteiger charge is -2.26. The van der Waals surface area contributed by atoms with Crippen molar-refractivity contribution in [2.75, 3.05) is 11.9 Å². The van der Waals surface area contributed by atoms with Gasteiger partial charge in [0, 0.05) is 22.6 Å². The summed E-state index contributed by atoms with van der Waals surface area (Å²) in [4.78, 5) is 21.1. The Kier molecular flexibility index (Phi) is 5.66. The third kappa shape index (κ3) is 4.14. The van der Waals surface area contributed by atoms with Crippen LogP contribution in [0.25, 0.3) is 0 Å². The first-order valence-electron chi connectivity index (χ1n) is 7.08. The van der Waals surface area contributed by atoms with Crippen molar-refractivity contribution in [3.05, 3.63) is 65.1 Å². The maximum absolute atomic E-state index is 13.6. The number of rotatable bonds is 4. The highest BCUT2D eigenvalue weighted by Gasteiger charge is 2.41. The molecule has 0 radical (unpaired) electrons. The van der Waals surface area contributed by atoms with Gasteiger partial charge in [0.05, 0.1) is 27.2 Å². The largest absolute Gasteiger partial charge is 0.418 e. The van der Waals surface area contributed by atoms with Crippen LogP contribution in [0.5, 0.6) is 0 Å². The van der Waals surface area contributed by atoms with Crippen molar-refractivity contribution in [3.63, 3.8) is 0 Å². The van der Waals surface area contributed by atoms with Crippen LogP contribution in [0.1, 0.15) is 11.1 Å². The molecule has 0 aliphatic heterocycles. The molecule has 144 valence electrons. The van der Waals surface area contributed by atoms with E-state index in [1.54, 1.807) is 6.92 Å². The van der Waals surface area contributed by atoms with Gasteiger partial charge in [0.1, 0.15) is 5.69 Å². The SMILES string of the molecule is Cc1cc(Cl)cc(Br)c1N(C)c1c([N+](=O)[O-])cc([N+](=O)[O-])cc1C(F)(F)F. The second kappa shape index (κ2) is 7.31. The van der Waals surface area contributed by atoms with E-state index in [0.29, 0.717) is 21.1 Å². The molecule has 0 bridgehead atoms. The van der Waals surface area contributed by atoms with Crippen molar-refractivity contribution in [3.8, 4) is 0 Å². The molecule has 2 aromatic rings. The number of hydrogen-bond donors (Lipinski definition) is 0. The topological polar surface area (TPSA) is 89.5 Å². The highest BCUT2D eigenvalue weighted by atomic mass is 79.9. The van der Waals surface area contributed by atoms with E-state index in [1.165, 1.54) is 19.2 Å². The Balaban J connectivity index is 2.90. The fourth-order valence-electron chi connectivity index (χ4n) is 2.65. The van der Waals surface area contributed by atoms with Crippen molar-refractivity contribution >= 4 is 50.3 Å². The van der Waals surface area contributed by atoms with Gasteiger partial charge in [0.15, 0.2) is 0 Å². The zero-order chi connectivity index (χ0) is 20.7. The smallest absolute Gasteiger partial charge is 0.337 e. The Morgan fingerprint density at radius 1 is 1.07 bits per heavy atom. The molecule has 27 heavy (non-hydrogen) atoms. The highest BCUT2D eigenvalue weighted by Crippen LogP contribution is 2.47. The Morgan fingerprint density at radius 2 is 1.67 bits per heavy atom. The van der Waals surface area contributed by atoms with Gasteiger partial charge in [-0.15, -0.1) is 0 Å². The summed E-state index contributed by atoms with van der Waals surface area (Å²) in [5, 5.41) is 22.6. The van der Waals surface area contributed by atoms with E-state index in [4.69, 9.17) is 11.6 Å². The first-order valence-corrected chi connectivity index (χ1v) is 8.25. The summed E-state index contributed by atoms with van der Waals surface area (Å²) in [6, 6.07) is 3.67. The molecule has 0 saturated carbocycles. The molecule has 0 fully saturated rings. The van der Waals surface area contributed by atoms with Crippen LogP contribution in [0, 0.1) is 27.2 Å². The van der Waals surface area contributed by atoms with Crippen LogP contribution in [0.4, 0.5) is 35.9 Å². The molecular weight excluding hydrogens is 459 g/mol. The summed E-state index contributed by atoms with van der Waals surface area (Å²) in [6.07, 6.45) is -5.06. The maximum atomic E-state index is 13.6. The minimum Gasteiger partial charge on any atom is -0.337 e. The molecule has 0 saturated heterocycles. The van der Waals surface area contributed by atoms with Crippen molar-refractivity contribution < 1.29 is 23.0 Å². The summed E-state index contributed by atoms with van der Waals surface area (Å²) in [7, 11) is 1.20. The van der Waals surface area contributed by atoms with E-state index in [-0.39, 0.29) is 11.8 Å². The number of nitrogens with zero attached hydrogens (tertiary/aromatic N) is 3. The predicted octanol–water partition coefficient (Wildman–Crippen LogP) is 6.01. The number of nitro benzene ring substituents is 2. The summed E-state index contributed by atoms with van der Waals surface area (Å²) in [5.74, 6) is 0. The fraction of sp³-hybridized carbons (Fsp3) is 0.200. The summed E-state index contributed by atoms with van der Waals surface area (Å²) in [5.41, 5.74) is -3.74. The molecule has 0 aliphatic rings. The van der Waals surface area contributed by atoms with Crippen molar-refractivity contribution in [2.45, 2.75) is 13.1 Å². The lowest BCUT2D eigenvalue weighted by molar-refractivity contribution is -0.394. The number of nitro groups is 2. The van der Waals surface area contributed by atoms with Crippen LogP contribution in [0.2, 0.25) is 5.02 Å². The molecule has 0 aliphatic carbocycles. The fourth-order valence-corrected chi connectivity index (χ4v) is 3.88. The first-order chi connectivity index (χ1) is 12.3. The number of benzene rings is 2. The van der Waals surface area contributed by atoms with Gasteiger partial charge in [-0.2, -0.15) is 13.2 Å². The van der Waals surface area contributed by atoms with Gasteiger partial charge in [0.2, 0.25) is 0 Å². The van der Waals surface area contributed by atoms with Crippen LogP contribution >= 0.6 is 27.5 Å². The third-order valence-electron chi connectivity index (χ3n) is 3.68. The predicted molar refractivity (Wildman–Crippen MR) is 96.7 cm³/mol. The van der Waals surface area contributed by atoms with Gasteiger partial charge in [-0.05, 0) is 40.5 Å². The second-order valence-electron chi connectivity index (χ2n) is 5.49. The van der Waals surface area contributed by atoms with Gasteiger partial charge in [0.25, 0.3) is 11.4 Å². The molecule has 0 N–H and O–H groups in total. The van der Waals surface area contributed by atoms with Crippen LogP contribution in [-0.2, 0) is 6.18 Å².